The van der Waals surface area contributed by atoms with Crippen LogP contribution < -0.4 is 10.1 Å². The summed E-state index contributed by atoms with van der Waals surface area (Å²) >= 11 is 0. The summed E-state index contributed by atoms with van der Waals surface area (Å²) in [4.78, 5) is 12.8. The van der Waals surface area contributed by atoms with Crippen LogP contribution in [0.1, 0.15) is 50.9 Å². The highest BCUT2D eigenvalue weighted by atomic mass is 32.2. The smallest absolute Gasteiger partial charge is 0.255 e. The standard InChI is InChI=1S/C19H30N2O4S/c1-13(2)15(4)20-19(22)17-12-16(6-7-18(17)25-5)26(23,24)21-10-8-14(3)9-11-21/h6-7,12-15H,8-11H2,1-5H3,(H,20,22). The highest BCUT2D eigenvalue weighted by molar-refractivity contribution is 7.89. The average Bonchev–Trinajstić information content (AvgIpc) is 2.61. The molecule has 1 saturated heterocycles. The molecule has 0 spiro atoms. The molecule has 6 nitrogen and oxygen atoms in total. The van der Waals surface area contributed by atoms with E-state index in [9.17, 15) is 13.2 Å². The number of hydrogen-bond acceptors (Lipinski definition) is 4. The molecule has 0 saturated carbocycles. The Bertz CT molecular complexity index is 738. The second-order valence-corrected chi connectivity index (χ2v) is 9.39. The Labute approximate surface area is 157 Å². The normalized spacial score (nSPS) is 17.9. The largest absolute Gasteiger partial charge is 0.496 e. The van der Waals surface area contributed by atoms with Crippen LogP contribution in [0.3, 0.4) is 0 Å². The van der Waals surface area contributed by atoms with Crippen LogP contribution in [-0.4, -0.2) is 44.9 Å². The van der Waals surface area contributed by atoms with Crippen molar-refractivity contribution in [1.29, 1.82) is 0 Å². The van der Waals surface area contributed by atoms with Gasteiger partial charge in [0.05, 0.1) is 17.6 Å². The second-order valence-electron chi connectivity index (χ2n) is 7.45. The Morgan fingerprint density at radius 3 is 2.38 bits per heavy atom. The minimum Gasteiger partial charge on any atom is -0.496 e. The summed E-state index contributed by atoms with van der Waals surface area (Å²) in [5.74, 6) is 0.848. The lowest BCUT2D eigenvalue weighted by Gasteiger charge is -2.29. The molecule has 1 amide bonds. The summed E-state index contributed by atoms with van der Waals surface area (Å²) in [6, 6.07) is 4.45. The van der Waals surface area contributed by atoms with E-state index in [2.05, 4.69) is 12.2 Å². The molecule has 2 rings (SSSR count). The van der Waals surface area contributed by atoms with E-state index in [0.29, 0.717) is 24.8 Å². The molecule has 0 aliphatic carbocycles. The number of nitrogens with one attached hydrogen (secondary N) is 1. The molecule has 1 fully saturated rings. The molecular formula is C19H30N2O4S. The van der Waals surface area contributed by atoms with E-state index >= 15 is 0 Å². The fraction of sp³-hybridized carbons (Fsp3) is 0.632. The quantitative estimate of drug-likeness (QED) is 0.821. The number of rotatable bonds is 6. The molecule has 1 atom stereocenters. The van der Waals surface area contributed by atoms with Gasteiger partial charge in [-0.1, -0.05) is 20.8 Å². The van der Waals surface area contributed by atoms with Crippen LogP contribution in [-0.2, 0) is 10.0 Å². The first-order chi connectivity index (χ1) is 12.2. The first kappa shape index (κ1) is 20.7. The Morgan fingerprint density at radius 2 is 1.85 bits per heavy atom. The molecule has 1 unspecified atom stereocenters. The zero-order valence-electron chi connectivity index (χ0n) is 16.3. The van der Waals surface area contributed by atoms with Crippen molar-refractivity contribution in [2.24, 2.45) is 11.8 Å². The van der Waals surface area contributed by atoms with Gasteiger partial charge in [0.15, 0.2) is 0 Å². The fourth-order valence-corrected chi connectivity index (χ4v) is 4.35. The predicted octanol–water partition coefficient (Wildman–Crippen LogP) is 2.89. The molecule has 146 valence electrons. The van der Waals surface area contributed by atoms with Crippen molar-refractivity contribution in [3.05, 3.63) is 23.8 Å². The van der Waals surface area contributed by atoms with Crippen LogP contribution in [0, 0.1) is 11.8 Å². The van der Waals surface area contributed by atoms with Crippen LogP contribution in [0.15, 0.2) is 23.1 Å². The zero-order chi connectivity index (χ0) is 19.5. The van der Waals surface area contributed by atoms with Gasteiger partial charge in [-0.25, -0.2) is 8.42 Å². The molecule has 1 N–H and O–H groups in total. The van der Waals surface area contributed by atoms with Gasteiger partial charge in [-0.15, -0.1) is 0 Å². The molecule has 1 aliphatic heterocycles. The summed E-state index contributed by atoms with van der Waals surface area (Å²) in [5, 5.41) is 2.91. The third-order valence-corrected chi connectivity index (χ3v) is 7.05. The van der Waals surface area contributed by atoms with E-state index in [1.807, 2.05) is 20.8 Å². The van der Waals surface area contributed by atoms with Crippen LogP contribution in [0.4, 0.5) is 0 Å². The maximum atomic E-state index is 13.0. The molecule has 0 radical (unpaired) electrons. The van der Waals surface area contributed by atoms with E-state index in [1.165, 1.54) is 23.5 Å². The summed E-state index contributed by atoms with van der Waals surface area (Å²) < 4.78 is 32.7. The van der Waals surface area contributed by atoms with Crippen molar-refractivity contribution in [1.82, 2.24) is 9.62 Å². The molecule has 0 aromatic heterocycles. The van der Waals surface area contributed by atoms with E-state index in [4.69, 9.17) is 4.74 Å². The number of ether oxygens (including phenoxy) is 1. The van der Waals surface area contributed by atoms with Crippen LogP contribution in [0.2, 0.25) is 0 Å². The number of amides is 1. The minimum atomic E-state index is -3.61. The molecular weight excluding hydrogens is 352 g/mol. The number of benzene rings is 1. The number of hydrogen-bond donors (Lipinski definition) is 1. The molecule has 1 heterocycles. The van der Waals surface area contributed by atoms with Gasteiger partial charge in [-0.05, 0) is 49.8 Å². The topological polar surface area (TPSA) is 75.7 Å². The maximum absolute atomic E-state index is 13.0. The lowest BCUT2D eigenvalue weighted by Crippen LogP contribution is -2.38. The third-order valence-electron chi connectivity index (χ3n) is 5.15. The van der Waals surface area contributed by atoms with E-state index in [-0.39, 0.29) is 28.3 Å². The van der Waals surface area contributed by atoms with Crippen molar-refractivity contribution in [2.75, 3.05) is 20.2 Å². The molecule has 1 aliphatic rings. The summed E-state index contributed by atoms with van der Waals surface area (Å²) in [7, 11) is -2.14. The minimum absolute atomic E-state index is 0.0314. The number of sulfonamides is 1. The van der Waals surface area contributed by atoms with E-state index < -0.39 is 10.0 Å². The number of nitrogens with zero attached hydrogens (tertiary/aromatic N) is 1. The summed E-state index contributed by atoms with van der Waals surface area (Å²) in [5.41, 5.74) is 0.242. The Balaban J connectivity index is 2.32. The molecule has 0 bridgehead atoms. The maximum Gasteiger partial charge on any atom is 0.255 e. The van der Waals surface area contributed by atoms with Gasteiger partial charge in [0, 0.05) is 19.1 Å². The molecule has 1 aromatic rings. The SMILES string of the molecule is COc1ccc(S(=O)(=O)N2CCC(C)CC2)cc1C(=O)NC(C)C(C)C. The highest BCUT2D eigenvalue weighted by Crippen LogP contribution is 2.27. The second kappa shape index (κ2) is 8.39. The third kappa shape index (κ3) is 4.57. The van der Waals surface area contributed by atoms with Gasteiger partial charge in [0.1, 0.15) is 5.75 Å². The lowest BCUT2D eigenvalue weighted by atomic mass is 10.0. The van der Waals surface area contributed by atoms with Gasteiger partial charge in [-0.2, -0.15) is 4.31 Å². The Kier molecular flexibility index (Phi) is 6.69. The van der Waals surface area contributed by atoms with Crippen molar-refractivity contribution in [2.45, 2.75) is 51.5 Å². The van der Waals surface area contributed by atoms with Crippen molar-refractivity contribution < 1.29 is 17.9 Å². The van der Waals surface area contributed by atoms with Gasteiger partial charge in [0.2, 0.25) is 10.0 Å². The Hall–Kier alpha value is -1.60. The van der Waals surface area contributed by atoms with Gasteiger partial charge < -0.3 is 10.1 Å². The fourth-order valence-electron chi connectivity index (χ4n) is 2.85. The zero-order valence-corrected chi connectivity index (χ0v) is 17.1. The van der Waals surface area contributed by atoms with Gasteiger partial charge in [-0.3, -0.25) is 4.79 Å². The van der Waals surface area contributed by atoms with Crippen LogP contribution in [0.5, 0.6) is 5.75 Å². The molecule has 1 aromatic carbocycles. The molecule has 26 heavy (non-hydrogen) atoms. The van der Waals surface area contributed by atoms with Gasteiger partial charge in [0.25, 0.3) is 5.91 Å². The highest BCUT2D eigenvalue weighted by Gasteiger charge is 2.29. The first-order valence-corrected chi connectivity index (χ1v) is 10.6. The summed E-state index contributed by atoms with van der Waals surface area (Å²) in [6.07, 6.45) is 1.71. The number of carbonyl (C=O) groups is 1. The van der Waals surface area contributed by atoms with Crippen molar-refractivity contribution in [3.63, 3.8) is 0 Å². The summed E-state index contributed by atoms with van der Waals surface area (Å²) in [6.45, 7) is 9.11. The number of piperidine rings is 1. The lowest BCUT2D eigenvalue weighted by molar-refractivity contribution is 0.0927. The molecule has 7 heteroatoms. The van der Waals surface area contributed by atoms with Crippen molar-refractivity contribution >= 4 is 15.9 Å². The average molecular weight is 383 g/mol. The van der Waals surface area contributed by atoms with Crippen molar-refractivity contribution in [3.8, 4) is 5.75 Å². The van der Waals surface area contributed by atoms with E-state index in [0.717, 1.165) is 12.8 Å². The van der Waals surface area contributed by atoms with E-state index in [1.54, 1.807) is 6.07 Å². The Morgan fingerprint density at radius 1 is 1.23 bits per heavy atom. The number of carbonyl (C=O) groups excluding carboxylic acids is 1. The monoisotopic (exact) mass is 382 g/mol. The van der Waals surface area contributed by atoms with Crippen LogP contribution >= 0.6 is 0 Å². The first-order valence-electron chi connectivity index (χ1n) is 9.15. The number of methoxy groups -OCH3 is 1. The van der Waals surface area contributed by atoms with Gasteiger partial charge >= 0.3 is 0 Å². The predicted molar refractivity (Wildman–Crippen MR) is 102 cm³/mol. The van der Waals surface area contributed by atoms with Crippen LogP contribution in [0.25, 0.3) is 0 Å².